The number of hydrogen-bond acceptors (Lipinski definition) is 3. The van der Waals surface area contributed by atoms with E-state index in [9.17, 15) is 0 Å². The molecule has 0 fully saturated rings. The van der Waals surface area contributed by atoms with E-state index in [1.54, 1.807) is 7.05 Å². The Kier molecular flexibility index (Phi) is 7.62. The van der Waals surface area contributed by atoms with Crippen molar-refractivity contribution in [3.05, 3.63) is 41.5 Å². The van der Waals surface area contributed by atoms with Gasteiger partial charge < -0.3 is 20.1 Å². The lowest BCUT2D eigenvalue weighted by Crippen LogP contribution is -2.42. The Labute approximate surface area is 145 Å². The highest BCUT2D eigenvalue weighted by atomic mass is 16.5. The Morgan fingerprint density at radius 1 is 1.38 bits per heavy atom. The van der Waals surface area contributed by atoms with Crippen LogP contribution in [-0.2, 0) is 4.74 Å². The fourth-order valence-corrected chi connectivity index (χ4v) is 2.56. The van der Waals surface area contributed by atoms with Gasteiger partial charge in [-0.2, -0.15) is 0 Å². The van der Waals surface area contributed by atoms with Crippen LogP contribution in [0.15, 0.2) is 40.9 Å². The normalized spacial score (nSPS) is 16.3. The van der Waals surface area contributed by atoms with Crippen LogP contribution in [0.2, 0.25) is 0 Å². The van der Waals surface area contributed by atoms with E-state index in [0.717, 1.165) is 44.3 Å². The van der Waals surface area contributed by atoms with Gasteiger partial charge in [-0.3, -0.25) is 4.99 Å². The van der Waals surface area contributed by atoms with Crippen molar-refractivity contribution in [2.45, 2.75) is 32.8 Å². The van der Waals surface area contributed by atoms with Crippen molar-refractivity contribution in [3.8, 4) is 5.75 Å². The van der Waals surface area contributed by atoms with E-state index in [4.69, 9.17) is 9.47 Å². The number of benzene rings is 1. The van der Waals surface area contributed by atoms with Gasteiger partial charge in [-0.15, -0.1) is 0 Å². The second kappa shape index (κ2) is 9.98. The molecule has 5 heteroatoms. The molecule has 2 N–H and O–H groups in total. The summed E-state index contributed by atoms with van der Waals surface area (Å²) in [5.74, 6) is 1.71. The molecule has 0 aliphatic carbocycles. The van der Waals surface area contributed by atoms with Crippen LogP contribution in [0.5, 0.6) is 5.75 Å². The van der Waals surface area contributed by atoms with Gasteiger partial charge >= 0.3 is 0 Å². The van der Waals surface area contributed by atoms with Gasteiger partial charge in [0, 0.05) is 13.6 Å². The molecule has 1 heterocycles. The van der Waals surface area contributed by atoms with Crippen molar-refractivity contribution in [3.63, 3.8) is 0 Å². The first-order chi connectivity index (χ1) is 11.7. The first kappa shape index (κ1) is 18.3. The molecule has 0 aromatic heterocycles. The van der Waals surface area contributed by atoms with Crippen LogP contribution in [0.3, 0.4) is 0 Å². The average molecular weight is 331 g/mol. The fraction of sp³-hybridized carbons (Fsp3) is 0.526. The van der Waals surface area contributed by atoms with Crippen molar-refractivity contribution in [1.82, 2.24) is 10.6 Å². The molecule has 1 aliphatic rings. The first-order valence-electron chi connectivity index (χ1n) is 8.61. The van der Waals surface area contributed by atoms with E-state index in [1.807, 2.05) is 18.2 Å². The number of nitrogens with one attached hydrogen (secondary N) is 2. The van der Waals surface area contributed by atoms with Crippen LogP contribution >= 0.6 is 0 Å². The zero-order valence-electron chi connectivity index (χ0n) is 15.0. The first-order valence-corrected chi connectivity index (χ1v) is 8.61. The fourth-order valence-electron chi connectivity index (χ4n) is 2.56. The molecule has 24 heavy (non-hydrogen) atoms. The molecule has 1 aromatic rings. The third-order valence-electron chi connectivity index (χ3n) is 3.90. The Morgan fingerprint density at radius 3 is 2.96 bits per heavy atom. The summed E-state index contributed by atoms with van der Waals surface area (Å²) in [4.78, 5) is 4.26. The molecule has 0 saturated carbocycles. The number of ether oxygens (including phenoxy) is 2. The predicted octanol–water partition coefficient (Wildman–Crippen LogP) is 2.66. The van der Waals surface area contributed by atoms with E-state index >= 15 is 0 Å². The maximum atomic E-state index is 5.92. The highest BCUT2D eigenvalue weighted by molar-refractivity contribution is 5.79. The number of aryl methyl sites for hydroxylation is 1. The summed E-state index contributed by atoms with van der Waals surface area (Å²) < 4.78 is 11.2. The topological polar surface area (TPSA) is 54.9 Å². The monoisotopic (exact) mass is 331 g/mol. The molecular formula is C19H29N3O2. The lowest BCUT2D eigenvalue weighted by atomic mass is 10.1. The minimum Gasteiger partial charge on any atom is -0.489 e. The van der Waals surface area contributed by atoms with Crippen molar-refractivity contribution in [1.29, 1.82) is 0 Å². The van der Waals surface area contributed by atoms with Crippen LogP contribution in [0.1, 0.15) is 25.3 Å². The van der Waals surface area contributed by atoms with Gasteiger partial charge in [0.1, 0.15) is 11.9 Å². The van der Waals surface area contributed by atoms with Gasteiger partial charge in [0.2, 0.25) is 0 Å². The molecule has 132 valence electrons. The van der Waals surface area contributed by atoms with Gasteiger partial charge in [0.25, 0.3) is 0 Å². The van der Waals surface area contributed by atoms with Crippen LogP contribution in [-0.4, -0.2) is 45.4 Å². The average Bonchev–Trinajstić information content (AvgIpc) is 2.59. The molecule has 0 radical (unpaired) electrons. The van der Waals surface area contributed by atoms with Gasteiger partial charge in [0.05, 0.1) is 19.8 Å². The Bertz CT molecular complexity index is 569. The van der Waals surface area contributed by atoms with E-state index in [-0.39, 0.29) is 6.10 Å². The number of nitrogens with zero attached hydrogens (tertiary/aromatic N) is 1. The summed E-state index contributed by atoms with van der Waals surface area (Å²) in [5.41, 5.74) is 2.66. The van der Waals surface area contributed by atoms with Gasteiger partial charge in [-0.25, -0.2) is 0 Å². The van der Waals surface area contributed by atoms with Crippen LogP contribution in [0.4, 0.5) is 0 Å². The lowest BCUT2D eigenvalue weighted by Gasteiger charge is -2.18. The van der Waals surface area contributed by atoms with Crippen molar-refractivity contribution >= 4 is 5.96 Å². The summed E-state index contributed by atoms with van der Waals surface area (Å²) in [5, 5.41) is 6.66. The van der Waals surface area contributed by atoms with Crippen LogP contribution < -0.4 is 15.4 Å². The summed E-state index contributed by atoms with van der Waals surface area (Å²) in [6.07, 6.45) is 4.30. The number of guanidine groups is 1. The molecule has 0 bridgehead atoms. The standard InChI is InChI=1S/C19H29N3O2/c1-15-5-4-6-18(13-15)24-16(2)14-22-19(20-3)21-10-7-17-8-11-23-12-9-17/h4-6,8,13,16H,7,9-12,14H2,1-3H3,(H2,20,21,22). The summed E-state index contributed by atoms with van der Waals surface area (Å²) in [6, 6.07) is 8.11. The second-order valence-corrected chi connectivity index (χ2v) is 6.06. The smallest absolute Gasteiger partial charge is 0.191 e. The zero-order chi connectivity index (χ0) is 17.2. The number of aliphatic imine (C=N–C) groups is 1. The van der Waals surface area contributed by atoms with Crippen LogP contribution in [0, 0.1) is 6.92 Å². The summed E-state index contributed by atoms with van der Waals surface area (Å²) in [6.45, 7) is 7.27. The van der Waals surface area contributed by atoms with E-state index in [2.05, 4.69) is 41.6 Å². The Balaban J connectivity index is 1.67. The Morgan fingerprint density at radius 2 is 2.25 bits per heavy atom. The van der Waals surface area contributed by atoms with Gasteiger partial charge in [-0.1, -0.05) is 23.8 Å². The minimum atomic E-state index is 0.0588. The van der Waals surface area contributed by atoms with E-state index in [0.29, 0.717) is 6.54 Å². The largest absolute Gasteiger partial charge is 0.489 e. The maximum absolute atomic E-state index is 5.92. The molecule has 1 aliphatic heterocycles. The molecule has 0 amide bonds. The molecule has 5 nitrogen and oxygen atoms in total. The quantitative estimate of drug-likeness (QED) is 0.458. The summed E-state index contributed by atoms with van der Waals surface area (Å²) in [7, 11) is 1.79. The minimum absolute atomic E-state index is 0.0588. The SMILES string of the molecule is CN=C(NCCC1=CCOCC1)NCC(C)Oc1cccc(C)c1. The van der Waals surface area contributed by atoms with Crippen molar-refractivity contribution in [2.75, 3.05) is 33.4 Å². The van der Waals surface area contributed by atoms with Crippen molar-refractivity contribution in [2.24, 2.45) is 4.99 Å². The zero-order valence-corrected chi connectivity index (χ0v) is 15.0. The number of rotatable bonds is 7. The molecule has 1 aromatic carbocycles. The van der Waals surface area contributed by atoms with Crippen LogP contribution in [0.25, 0.3) is 0 Å². The molecule has 1 atom stereocenters. The predicted molar refractivity (Wildman–Crippen MR) is 98.8 cm³/mol. The van der Waals surface area contributed by atoms with E-state index in [1.165, 1.54) is 11.1 Å². The highest BCUT2D eigenvalue weighted by Gasteiger charge is 2.07. The Hall–Kier alpha value is -2.01. The molecular weight excluding hydrogens is 302 g/mol. The lowest BCUT2D eigenvalue weighted by molar-refractivity contribution is 0.153. The van der Waals surface area contributed by atoms with Gasteiger partial charge in [-0.05, 0) is 44.4 Å². The third-order valence-corrected chi connectivity index (χ3v) is 3.90. The summed E-state index contributed by atoms with van der Waals surface area (Å²) >= 11 is 0. The van der Waals surface area contributed by atoms with Crippen molar-refractivity contribution < 1.29 is 9.47 Å². The maximum Gasteiger partial charge on any atom is 0.191 e. The van der Waals surface area contributed by atoms with E-state index < -0.39 is 0 Å². The van der Waals surface area contributed by atoms with Gasteiger partial charge in [0.15, 0.2) is 5.96 Å². The third kappa shape index (κ3) is 6.62. The highest BCUT2D eigenvalue weighted by Crippen LogP contribution is 2.14. The molecule has 1 unspecified atom stereocenters. The number of hydrogen-bond donors (Lipinski definition) is 2. The molecule has 0 saturated heterocycles. The second-order valence-electron chi connectivity index (χ2n) is 6.06. The molecule has 0 spiro atoms. The molecule has 2 rings (SSSR count).